The molecule has 128 valence electrons. The first kappa shape index (κ1) is 17.7. The van der Waals surface area contributed by atoms with Crippen LogP contribution >= 0.6 is 34.7 Å². The Morgan fingerprint density at radius 3 is 2.84 bits per heavy atom. The van der Waals surface area contributed by atoms with E-state index in [-0.39, 0.29) is 15.6 Å². The van der Waals surface area contributed by atoms with E-state index >= 15 is 0 Å². The van der Waals surface area contributed by atoms with E-state index in [2.05, 4.69) is 5.32 Å². The number of halogens is 2. The average molecular weight is 397 g/mol. The van der Waals surface area contributed by atoms with E-state index in [0.717, 1.165) is 27.6 Å². The molecule has 0 spiro atoms. The van der Waals surface area contributed by atoms with E-state index in [0.29, 0.717) is 0 Å². The van der Waals surface area contributed by atoms with Crippen LogP contribution in [0.15, 0.2) is 40.6 Å². The van der Waals surface area contributed by atoms with Crippen molar-refractivity contribution in [3.8, 4) is 0 Å². The Balaban J connectivity index is 1.70. The molecule has 2 aromatic rings. The Hall–Kier alpha value is -2.16. The molecular formula is C16H10ClFN2O3S2. The molecule has 1 aromatic heterocycles. The van der Waals surface area contributed by atoms with E-state index in [9.17, 15) is 18.8 Å². The van der Waals surface area contributed by atoms with Gasteiger partial charge in [-0.1, -0.05) is 17.7 Å². The van der Waals surface area contributed by atoms with Crippen molar-refractivity contribution in [1.82, 2.24) is 4.90 Å². The molecule has 1 aliphatic rings. The van der Waals surface area contributed by atoms with Crippen LogP contribution in [0.5, 0.6) is 0 Å². The monoisotopic (exact) mass is 396 g/mol. The zero-order valence-electron chi connectivity index (χ0n) is 12.5. The van der Waals surface area contributed by atoms with Crippen LogP contribution in [0, 0.1) is 5.82 Å². The van der Waals surface area contributed by atoms with Gasteiger partial charge in [-0.3, -0.25) is 19.3 Å². The van der Waals surface area contributed by atoms with Gasteiger partial charge in [-0.15, -0.1) is 11.3 Å². The summed E-state index contributed by atoms with van der Waals surface area (Å²) in [4.78, 5) is 38.2. The first-order chi connectivity index (χ1) is 11.9. The van der Waals surface area contributed by atoms with E-state index in [4.69, 9.17) is 11.6 Å². The molecule has 1 N–H and O–H groups in total. The maximum atomic E-state index is 13.6. The second-order valence-corrected chi connectivity index (χ2v) is 7.36. The van der Waals surface area contributed by atoms with Crippen LogP contribution < -0.4 is 5.32 Å². The largest absolute Gasteiger partial charge is 0.322 e. The van der Waals surface area contributed by atoms with Crippen molar-refractivity contribution in [1.29, 1.82) is 0 Å². The van der Waals surface area contributed by atoms with Gasteiger partial charge in [-0.05, 0) is 47.5 Å². The Kier molecular flexibility index (Phi) is 5.22. The summed E-state index contributed by atoms with van der Waals surface area (Å²) >= 11 is 7.95. The van der Waals surface area contributed by atoms with Crippen LogP contribution in [0.2, 0.25) is 5.02 Å². The number of thiophene rings is 1. The van der Waals surface area contributed by atoms with Crippen molar-refractivity contribution in [3.63, 3.8) is 0 Å². The quantitative estimate of drug-likeness (QED) is 0.786. The number of hydrogen-bond donors (Lipinski definition) is 1. The molecule has 0 bridgehead atoms. The van der Waals surface area contributed by atoms with Gasteiger partial charge in [0.1, 0.15) is 12.4 Å². The molecule has 5 nitrogen and oxygen atoms in total. The van der Waals surface area contributed by atoms with Gasteiger partial charge >= 0.3 is 0 Å². The number of nitrogens with zero attached hydrogens (tertiary/aromatic N) is 1. The second kappa shape index (κ2) is 7.38. The van der Waals surface area contributed by atoms with Crippen LogP contribution in [-0.2, 0) is 9.59 Å². The molecule has 0 radical (unpaired) electrons. The summed E-state index contributed by atoms with van der Waals surface area (Å²) < 4.78 is 13.6. The van der Waals surface area contributed by atoms with Gasteiger partial charge in [0.25, 0.3) is 11.1 Å². The standard InChI is InChI=1S/C16H10ClFN2O3S2/c17-9-3-4-11(18)12(6-9)19-14(21)8-20-15(22)13(25-16(20)23)7-10-2-1-5-24-10/h1-7H,8H2,(H,19,21)/b13-7-. The van der Waals surface area contributed by atoms with Gasteiger partial charge in [-0.25, -0.2) is 4.39 Å². The van der Waals surface area contributed by atoms with Crippen molar-refractivity contribution < 1.29 is 18.8 Å². The fourth-order valence-corrected chi connectivity index (χ4v) is 3.80. The van der Waals surface area contributed by atoms with Gasteiger partial charge in [-0.2, -0.15) is 0 Å². The fourth-order valence-electron chi connectivity index (χ4n) is 2.07. The maximum absolute atomic E-state index is 13.6. The van der Waals surface area contributed by atoms with Crippen LogP contribution in [0.3, 0.4) is 0 Å². The molecule has 2 heterocycles. The number of imide groups is 1. The van der Waals surface area contributed by atoms with E-state index in [1.807, 2.05) is 17.5 Å². The molecule has 0 aliphatic carbocycles. The molecule has 25 heavy (non-hydrogen) atoms. The molecule has 9 heteroatoms. The highest BCUT2D eigenvalue weighted by Crippen LogP contribution is 2.32. The van der Waals surface area contributed by atoms with Crippen LogP contribution in [0.25, 0.3) is 6.08 Å². The Bertz CT molecular complexity index is 884. The molecule has 0 saturated carbocycles. The summed E-state index contributed by atoms with van der Waals surface area (Å²) in [5, 5.41) is 3.86. The summed E-state index contributed by atoms with van der Waals surface area (Å²) in [5.74, 6) is -1.91. The number of carbonyl (C=O) groups is 3. The van der Waals surface area contributed by atoms with Crippen molar-refractivity contribution >= 4 is 63.5 Å². The molecule has 0 unspecified atom stereocenters. The first-order valence-electron chi connectivity index (χ1n) is 6.98. The summed E-state index contributed by atoms with van der Waals surface area (Å²) in [6.07, 6.45) is 1.60. The smallest absolute Gasteiger partial charge is 0.294 e. The molecule has 0 atom stereocenters. The summed E-state index contributed by atoms with van der Waals surface area (Å²) in [6.45, 7) is -0.502. The van der Waals surface area contributed by atoms with Crippen molar-refractivity contribution in [2.24, 2.45) is 0 Å². The zero-order chi connectivity index (χ0) is 18.0. The Labute approximate surface area is 155 Å². The molecule has 1 fully saturated rings. The minimum absolute atomic E-state index is 0.112. The van der Waals surface area contributed by atoms with Crippen molar-refractivity contribution in [2.75, 3.05) is 11.9 Å². The third-order valence-electron chi connectivity index (χ3n) is 3.19. The third-order valence-corrected chi connectivity index (χ3v) is 5.16. The first-order valence-corrected chi connectivity index (χ1v) is 9.05. The van der Waals surface area contributed by atoms with E-state index in [1.165, 1.54) is 23.5 Å². The van der Waals surface area contributed by atoms with Gasteiger partial charge in [0, 0.05) is 9.90 Å². The van der Waals surface area contributed by atoms with Gasteiger partial charge < -0.3 is 5.32 Å². The lowest BCUT2D eigenvalue weighted by molar-refractivity contribution is -0.127. The zero-order valence-corrected chi connectivity index (χ0v) is 14.9. The third kappa shape index (κ3) is 4.09. The van der Waals surface area contributed by atoms with Gasteiger partial charge in [0.05, 0.1) is 10.6 Å². The maximum Gasteiger partial charge on any atom is 0.294 e. The number of benzene rings is 1. The summed E-state index contributed by atoms with van der Waals surface area (Å²) in [5.41, 5.74) is -0.112. The predicted molar refractivity (Wildman–Crippen MR) is 97.0 cm³/mol. The Morgan fingerprint density at radius 2 is 2.12 bits per heavy atom. The van der Waals surface area contributed by atoms with Crippen LogP contribution in [-0.4, -0.2) is 28.5 Å². The Morgan fingerprint density at radius 1 is 1.32 bits per heavy atom. The molecule has 3 rings (SSSR count). The minimum Gasteiger partial charge on any atom is -0.322 e. The highest BCUT2D eigenvalue weighted by molar-refractivity contribution is 8.18. The molecule has 1 aliphatic heterocycles. The fraction of sp³-hybridized carbons (Fsp3) is 0.0625. The SMILES string of the molecule is O=C(CN1C(=O)S/C(=C\c2cccs2)C1=O)Nc1cc(Cl)ccc1F. The number of rotatable bonds is 4. The highest BCUT2D eigenvalue weighted by atomic mass is 35.5. The van der Waals surface area contributed by atoms with Crippen LogP contribution in [0.4, 0.5) is 14.9 Å². The number of amides is 3. The summed E-state index contributed by atoms with van der Waals surface area (Å²) in [6, 6.07) is 7.35. The lowest BCUT2D eigenvalue weighted by atomic mass is 10.3. The average Bonchev–Trinajstić information content (AvgIpc) is 3.15. The number of hydrogen-bond acceptors (Lipinski definition) is 5. The minimum atomic E-state index is -0.694. The number of anilines is 1. The van der Waals surface area contributed by atoms with Crippen molar-refractivity contribution in [2.45, 2.75) is 0 Å². The number of thioether (sulfide) groups is 1. The lowest BCUT2D eigenvalue weighted by Gasteiger charge is -2.13. The molecule has 1 saturated heterocycles. The van der Waals surface area contributed by atoms with Crippen molar-refractivity contribution in [3.05, 3.63) is 56.3 Å². The molecule has 3 amide bonds. The number of carbonyl (C=O) groups excluding carboxylic acids is 3. The van der Waals surface area contributed by atoms with E-state index in [1.54, 1.807) is 6.08 Å². The molecular weight excluding hydrogens is 387 g/mol. The van der Waals surface area contributed by atoms with Gasteiger partial charge in [0.15, 0.2) is 0 Å². The normalized spacial score (nSPS) is 15.9. The highest BCUT2D eigenvalue weighted by Gasteiger charge is 2.36. The van der Waals surface area contributed by atoms with Crippen LogP contribution in [0.1, 0.15) is 4.88 Å². The predicted octanol–water partition coefficient (Wildman–Crippen LogP) is 4.22. The molecule has 1 aromatic carbocycles. The van der Waals surface area contributed by atoms with E-state index < -0.39 is 29.4 Å². The topological polar surface area (TPSA) is 66.5 Å². The van der Waals surface area contributed by atoms with Gasteiger partial charge in [0.2, 0.25) is 5.91 Å². The number of nitrogens with one attached hydrogen (secondary N) is 1. The second-order valence-electron chi connectivity index (χ2n) is 4.96. The lowest BCUT2D eigenvalue weighted by Crippen LogP contribution is -2.36. The summed E-state index contributed by atoms with van der Waals surface area (Å²) in [7, 11) is 0.